The van der Waals surface area contributed by atoms with Gasteiger partial charge in [0, 0.05) is 17.9 Å². The van der Waals surface area contributed by atoms with Gasteiger partial charge in [-0.05, 0) is 40.8 Å². The lowest BCUT2D eigenvalue weighted by molar-refractivity contribution is 0.579. The van der Waals surface area contributed by atoms with E-state index in [0.29, 0.717) is 15.6 Å². The Morgan fingerprint density at radius 2 is 2.35 bits per heavy atom. The molecule has 3 nitrogen and oxygen atoms in total. The molecule has 6 heteroatoms. The Labute approximate surface area is 116 Å². The molecule has 3 rings (SSSR count). The molecule has 1 aliphatic rings. The van der Waals surface area contributed by atoms with Crippen LogP contribution in [0.3, 0.4) is 0 Å². The van der Waals surface area contributed by atoms with E-state index in [0.717, 1.165) is 29.0 Å². The van der Waals surface area contributed by atoms with Crippen LogP contribution in [0.4, 0.5) is 10.3 Å². The van der Waals surface area contributed by atoms with Gasteiger partial charge >= 0.3 is 0 Å². The second-order valence-electron chi connectivity index (χ2n) is 4.11. The molecule has 1 fully saturated rings. The van der Waals surface area contributed by atoms with Crippen LogP contribution in [-0.4, -0.2) is 21.1 Å². The van der Waals surface area contributed by atoms with Crippen molar-refractivity contribution >= 4 is 51.3 Å². The van der Waals surface area contributed by atoms with Gasteiger partial charge in [0.1, 0.15) is 5.82 Å². The van der Waals surface area contributed by atoms with Gasteiger partial charge in [0.2, 0.25) is 5.95 Å². The molecule has 1 aromatic carbocycles. The van der Waals surface area contributed by atoms with Crippen molar-refractivity contribution in [3.05, 3.63) is 21.5 Å². The molecular formula is C11H11FIN3S. The Bertz CT molecular complexity index is 578. The van der Waals surface area contributed by atoms with E-state index in [1.807, 2.05) is 38.9 Å². The second-order valence-corrected chi connectivity index (χ2v) is 6.42. The Hall–Kier alpha value is -0.500. The highest BCUT2D eigenvalue weighted by Crippen LogP contribution is 2.33. The Balaban J connectivity index is 2.22. The average Bonchev–Trinajstić information content (AvgIpc) is 2.86. The first-order valence-corrected chi connectivity index (χ1v) is 7.60. The molecule has 2 N–H and O–H groups in total. The third-order valence-corrected chi connectivity index (χ3v) is 5.00. The number of nitrogens with zero attached hydrogens (tertiary/aromatic N) is 2. The zero-order valence-corrected chi connectivity index (χ0v) is 12.0. The summed E-state index contributed by atoms with van der Waals surface area (Å²) in [5, 5.41) is 0. The van der Waals surface area contributed by atoms with Crippen LogP contribution in [0.5, 0.6) is 0 Å². The smallest absolute Gasteiger partial charge is 0.201 e. The summed E-state index contributed by atoms with van der Waals surface area (Å²) in [4.78, 5) is 4.32. The van der Waals surface area contributed by atoms with Gasteiger partial charge < -0.3 is 10.3 Å². The van der Waals surface area contributed by atoms with Gasteiger partial charge in [0.05, 0.1) is 14.6 Å². The number of thioether (sulfide) groups is 1. The first-order chi connectivity index (χ1) is 8.16. The van der Waals surface area contributed by atoms with Crippen molar-refractivity contribution in [3.8, 4) is 0 Å². The predicted molar refractivity (Wildman–Crippen MR) is 77.8 cm³/mol. The van der Waals surface area contributed by atoms with E-state index in [4.69, 9.17) is 5.73 Å². The standard InChI is InChI=1S/C11H11FIN3S/c12-7-3-10-9(4-8(7)13)15-11(14)16(10)6-1-2-17-5-6/h3-4,6H,1-2,5H2,(H2,14,15). The minimum Gasteiger partial charge on any atom is -0.369 e. The summed E-state index contributed by atoms with van der Waals surface area (Å²) in [6, 6.07) is 3.65. The van der Waals surface area contributed by atoms with Crippen LogP contribution >= 0.6 is 34.4 Å². The minimum absolute atomic E-state index is 0.204. The molecule has 0 radical (unpaired) electrons. The summed E-state index contributed by atoms with van der Waals surface area (Å²) in [7, 11) is 0. The van der Waals surface area contributed by atoms with Gasteiger partial charge in [-0.2, -0.15) is 11.8 Å². The zero-order valence-electron chi connectivity index (χ0n) is 8.99. The van der Waals surface area contributed by atoms with Crippen LogP contribution in [0.1, 0.15) is 12.5 Å². The summed E-state index contributed by atoms with van der Waals surface area (Å²) in [6.45, 7) is 0. The molecule has 0 bridgehead atoms. The number of imidazole rings is 1. The molecule has 0 spiro atoms. The van der Waals surface area contributed by atoms with Crippen molar-refractivity contribution in [3.63, 3.8) is 0 Å². The second kappa shape index (κ2) is 4.31. The van der Waals surface area contributed by atoms with Gasteiger partial charge in [-0.3, -0.25) is 0 Å². The predicted octanol–water partition coefficient (Wildman–Crippen LogP) is 3.04. The van der Waals surface area contributed by atoms with Gasteiger partial charge in [-0.25, -0.2) is 9.37 Å². The first-order valence-electron chi connectivity index (χ1n) is 5.37. The Kier molecular flexibility index (Phi) is 2.94. The molecular weight excluding hydrogens is 352 g/mol. The van der Waals surface area contributed by atoms with Crippen molar-refractivity contribution in [2.75, 3.05) is 17.2 Å². The fourth-order valence-corrected chi connectivity index (χ4v) is 3.86. The highest BCUT2D eigenvalue weighted by molar-refractivity contribution is 14.1. The van der Waals surface area contributed by atoms with E-state index in [1.54, 1.807) is 12.1 Å². The van der Waals surface area contributed by atoms with Crippen LogP contribution in [0.2, 0.25) is 0 Å². The lowest BCUT2D eigenvalue weighted by Gasteiger charge is -2.13. The Morgan fingerprint density at radius 1 is 1.53 bits per heavy atom. The number of benzene rings is 1. The molecule has 1 atom stereocenters. The molecule has 17 heavy (non-hydrogen) atoms. The quantitative estimate of drug-likeness (QED) is 0.793. The first kappa shape index (κ1) is 11.6. The van der Waals surface area contributed by atoms with Crippen LogP contribution in [0.15, 0.2) is 12.1 Å². The number of nitrogens with two attached hydrogens (primary N) is 1. The summed E-state index contributed by atoms with van der Waals surface area (Å²) < 4.78 is 16.2. The van der Waals surface area contributed by atoms with Crippen LogP contribution in [0, 0.1) is 9.39 Å². The topological polar surface area (TPSA) is 43.8 Å². The molecule has 0 aliphatic carbocycles. The molecule has 1 unspecified atom stereocenters. The maximum absolute atomic E-state index is 13.6. The van der Waals surface area contributed by atoms with Gasteiger partial charge in [-0.15, -0.1) is 0 Å². The summed E-state index contributed by atoms with van der Waals surface area (Å²) >= 11 is 3.88. The zero-order chi connectivity index (χ0) is 12.0. The average molecular weight is 363 g/mol. The van der Waals surface area contributed by atoms with Crippen molar-refractivity contribution < 1.29 is 4.39 Å². The molecule has 2 aromatic rings. The minimum atomic E-state index is -0.204. The van der Waals surface area contributed by atoms with Gasteiger partial charge in [0.15, 0.2) is 0 Å². The van der Waals surface area contributed by atoms with E-state index in [2.05, 4.69) is 4.98 Å². The molecule has 1 saturated heterocycles. The Morgan fingerprint density at radius 3 is 3.06 bits per heavy atom. The van der Waals surface area contributed by atoms with E-state index in [9.17, 15) is 4.39 Å². The monoisotopic (exact) mass is 363 g/mol. The van der Waals surface area contributed by atoms with Crippen LogP contribution < -0.4 is 5.73 Å². The number of hydrogen-bond donors (Lipinski definition) is 1. The number of nitrogen functional groups attached to an aromatic ring is 1. The number of halogens is 2. The molecule has 90 valence electrons. The number of aromatic nitrogens is 2. The maximum atomic E-state index is 13.6. The van der Waals surface area contributed by atoms with E-state index >= 15 is 0 Å². The number of rotatable bonds is 1. The molecule has 0 saturated carbocycles. The largest absolute Gasteiger partial charge is 0.369 e. The number of hydrogen-bond acceptors (Lipinski definition) is 3. The molecule has 0 amide bonds. The van der Waals surface area contributed by atoms with Crippen molar-refractivity contribution in [2.24, 2.45) is 0 Å². The highest BCUT2D eigenvalue weighted by Gasteiger charge is 2.22. The van der Waals surface area contributed by atoms with Gasteiger partial charge in [0.25, 0.3) is 0 Å². The highest BCUT2D eigenvalue weighted by atomic mass is 127. The summed E-state index contributed by atoms with van der Waals surface area (Å²) in [5.74, 6) is 2.46. The summed E-state index contributed by atoms with van der Waals surface area (Å²) in [5.41, 5.74) is 7.55. The van der Waals surface area contributed by atoms with E-state index in [1.165, 1.54) is 0 Å². The third-order valence-electron chi connectivity index (χ3n) is 3.03. The molecule has 1 aliphatic heterocycles. The normalized spacial score (nSPS) is 20.2. The van der Waals surface area contributed by atoms with Crippen LogP contribution in [-0.2, 0) is 0 Å². The summed E-state index contributed by atoms with van der Waals surface area (Å²) in [6.07, 6.45) is 1.08. The lowest BCUT2D eigenvalue weighted by Crippen LogP contribution is -2.11. The number of fused-ring (bicyclic) bond motifs is 1. The molecule has 2 heterocycles. The SMILES string of the molecule is Nc1nc2cc(I)c(F)cc2n1C1CCSC1. The van der Waals surface area contributed by atoms with Crippen LogP contribution in [0.25, 0.3) is 11.0 Å². The van der Waals surface area contributed by atoms with E-state index in [-0.39, 0.29) is 5.82 Å². The third kappa shape index (κ3) is 1.91. The lowest BCUT2D eigenvalue weighted by atomic mass is 10.2. The number of anilines is 1. The van der Waals surface area contributed by atoms with Crippen molar-refractivity contribution in [1.82, 2.24) is 9.55 Å². The van der Waals surface area contributed by atoms with Crippen molar-refractivity contribution in [2.45, 2.75) is 12.5 Å². The maximum Gasteiger partial charge on any atom is 0.201 e. The fourth-order valence-electron chi connectivity index (χ4n) is 2.22. The van der Waals surface area contributed by atoms with E-state index < -0.39 is 0 Å². The fraction of sp³-hybridized carbons (Fsp3) is 0.364. The van der Waals surface area contributed by atoms with Crippen molar-refractivity contribution in [1.29, 1.82) is 0 Å². The molecule has 1 aromatic heterocycles. The van der Waals surface area contributed by atoms with Gasteiger partial charge in [-0.1, -0.05) is 0 Å².